The maximum absolute atomic E-state index is 13.8. The van der Waals surface area contributed by atoms with Crippen LogP contribution in [0.1, 0.15) is 55.6 Å². The number of ketones is 1. The molecule has 3 aliphatic heterocycles. The van der Waals surface area contributed by atoms with Gasteiger partial charge in [0.15, 0.2) is 15.6 Å². The van der Waals surface area contributed by atoms with Gasteiger partial charge in [0.05, 0.1) is 10.9 Å². The van der Waals surface area contributed by atoms with E-state index in [2.05, 4.69) is 40.5 Å². The highest BCUT2D eigenvalue weighted by molar-refractivity contribution is 7.90. The van der Waals surface area contributed by atoms with Gasteiger partial charge in [-0.25, -0.2) is 8.42 Å². The van der Waals surface area contributed by atoms with Crippen molar-refractivity contribution in [3.8, 4) is 0 Å². The third-order valence-corrected chi connectivity index (χ3v) is 10.9. The molecule has 1 saturated carbocycles. The van der Waals surface area contributed by atoms with E-state index in [0.29, 0.717) is 41.9 Å². The third-order valence-electron chi connectivity index (χ3n) is 9.79. The minimum Gasteiger partial charge on any atom is -0.338 e. The molecule has 1 aliphatic carbocycles. The van der Waals surface area contributed by atoms with Crippen LogP contribution in [-0.2, 0) is 26.0 Å². The summed E-state index contributed by atoms with van der Waals surface area (Å²) in [7, 11) is -3.24. The van der Waals surface area contributed by atoms with E-state index in [9.17, 15) is 18.0 Å². The van der Waals surface area contributed by atoms with Crippen LogP contribution in [0.15, 0.2) is 59.5 Å². The minimum absolute atomic E-state index is 0. The molecular formula is C32H42ClN3O4S. The van der Waals surface area contributed by atoms with Crippen molar-refractivity contribution in [1.29, 1.82) is 0 Å². The van der Waals surface area contributed by atoms with E-state index in [1.165, 1.54) is 24.7 Å². The smallest absolute Gasteiger partial charge is 0.223 e. The number of rotatable bonds is 9. The Morgan fingerprint density at radius 3 is 2.34 bits per heavy atom. The molecule has 3 heterocycles. The Balaban J connectivity index is 0.00000337. The van der Waals surface area contributed by atoms with Gasteiger partial charge in [0.25, 0.3) is 0 Å². The number of hydrogen-bond acceptors (Lipinski definition) is 6. The van der Waals surface area contributed by atoms with Gasteiger partial charge in [-0.1, -0.05) is 42.5 Å². The molecule has 1 N–H and O–H groups in total. The third kappa shape index (κ3) is 6.71. The lowest BCUT2D eigenvalue weighted by Gasteiger charge is -2.44. The summed E-state index contributed by atoms with van der Waals surface area (Å²) in [5.41, 5.74) is 2.22. The summed E-state index contributed by atoms with van der Waals surface area (Å²) < 4.78 is 23.6. The number of carbonyl (C=O) groups is 2. The highest BCUT2D eigenvalue weighted by atomic mass is 35.5. The highest BCUT2D eigenvalue weighted by Gasteiger charge is 2.48. The summed E-state index contributed by atoms with van der Waals surface area (Å²) in [4.78, 5) is 31.6. The zero-order valence-corrected chi connectivity index (χ0v) is 25.5. The standard InChI is InChI=1S/C32H41N3O4S.ClH/c1-40(38,39)26-11-9-24(10-12-26)21-35-22-32(18-30(35)37)13-15-34(16-14-32)31(29(36)17-23-7-8-23)28-20-33-19-27(28)25-5-3-2-4-6-25;/h2-6,9-12,23,27-28,31,33H,7-8,13-22H2,1H3;1H/t27-,28-,31?;/m1./s1. The second-order valence-electron chi connectivity index (χ2n) is 12.8. The van der Waals surface area contributed by atoms with Crippen LogP contribution in [0.3, 0.4) is 0 Å². The quantitative estimate of drug-likeness (QED) is 0.468. The van der Waals surface area contributed by atoms with Crippen LogP contribution in [0.2, 0.25) is 0 Å². The zero-order valence-electron chi connectivity index (χ0n) is 23.8. The highest BCUT2D eigenvalue weighted by Crippen LogP contribution is 2.44. The van der Waals surface area contributed by atoms with E-state index in [1.54, 1.807) is 12.1 Å². The molecule has 41 heavy (non-hydrogen) atoms. The number of Topliss-reactive ketones (excluding diaryl/α,β-unsaturated/α-hetero) is 1. The van der Waals surface area contributed by atoms with Crippen LogP contribution in [0.5, 0.6) is 0 Å². The van der Waals surface area contributed by atoms with Gasteiger partial charge in [-0.15, -0.1) is 12.4 Å². The predicted molar refractivity (Wildman–Crippen MR) is 162 cm³/mol. The van der Waals surface area contributed by atoms with Crippen molar-refractivity contribution in [2.24, 2.45) is 17.3 Å². The Bertz CT molecular complexity index is 1340. The first-order chi connectivity index (χ1) is 19.2. The molecule has 1 spiro atoms. The van der Waals surface area contributed by atoms with Gasteiger partial charge in [-0.2, -0.15) is 0 Å². The molecule has 4 fully saturated rings. The molecule has 2 aromatic rings. The van der Waals surface area contributed by atoms with Gasteiger partial charge < -0.3 is 10.2 Å². The van der Waals surface area contributed by atoms with Crippen LogP contribution >= 0.6 is 12.4 Å². The Labute approximate surface area is 250 Å². The Kier molecular flexibility index (Phi) is 8.95. The topological polar surface area (TPSA) is 86.8 Å². The fraction of sp³-hybridized carbons (Fsp3) is 0.562. The summed E-state index contributed by atoms with van der Waals surface area (Å²) in [5, 5.41) is 3.60. The lowest BCUT2D eigenvalue weighted by atomic mass is 9.75. The molecule has 9 heteroatoms. The van der Waals surface area contributed by atoms with Gasteiger partial charge in [0.2, 0.25) is 5.91 Å². The van der Waals surface area contributed by atoms with Gasteiger partial charge in [-0.3, -0.25) is 14.5 Å². The molecule has 0 aromatic heterocycles. The van der Waals surface area contributed by atoms with E-state index in [0.717, 1.165) is 51.1 Å². The van der Waals surface area contributed by atoms with Crippen LogP contribution in [-0.4, -0.2) is 74.9 Å². The van der Waals surface area contributed by atoms with Crippen molar-refractivity contribution in [2.75, 3.05) is 39.0 Å². The molecular weight excluding hydrogens is 558 g/mol. The first-order valence-electron chi connectivity index (χ1n) is 14.8. The van der Waals surface area contributed by atoms with Gasteiger partial charge in [0, 0.05) is 57.1 Å². The van der Waals surface area contributed by atoms with Gasteiger partial charge in [-0.05, 0) is 73.4 Å². The summed E-state index contributed by atoms with van der Waals surface area (Å²) in [5.74, 6) is 1.76. The fourth-order valence-corrected chi connectivity index (χ4v) is 7.97. The largest absolute Gasteiger partial charge is 0.338 e. The van der Waals surface area contributed by atoms with E-state index < -0.39 is 9.84 Å². The summed E-state index contributed by atoms with van der Waals surface area (Å²) >= 11 is 0. The van der Waals surface area contributed by atoms with Crippen molar-refractivity contribution in [2.45, 2.75) is 61.9 Å². The van der Waals surface area contributed by atoms with Crippen molar-refractivity contribution >= 4 is 33.9 Å². The number of nitrogens with one attached hydrogen (secondary N) is 1. The van der Waals surface area contributed by atoms with E-state index in [1.807, 2.05) is 17.0 Å². The second-order valence-corrected chi connectivity index (χ2v) is 14.8. The molecule has 0 bridgehead atoms. The number of piperidine rings is 1. The SMILES string of the molecule is CS(=O)(=O)c1ccc(CN2CC3(CCN(C(C(=O)CC4CC4)[C@@H]4CNC[C@@H]4c4ccccc4)CC3)CC2=O)cc1.Cl. The maximum Gasteiger partial charge on any atom is 0.223 e. The minimum atomic E-state index is -3.24. The zero-order chi connectivity index (χ0) is 27.9. The average Bonchev–Trinajstić information content (AvgIpc) is 3.53. The molecule has 1 amide bonds. The van der Waals surface area contributed by atoms with Crippen LogP contribution < -0.4 is 5.32 Å². The van der Waals surface area contributed by atoms with Gasteiger partial charge >= 0.3 is 0 Å². The number of amides is 1. The summed E-state index contributed by atoms with van der Waals surface area (Å²) in [6, 6.07) is 17.4. The van der Waals surface area contributed by atoms with E-state index in [4.69, 9.17) is 0 Å². The number of sulfone groups is 1. The molecule has 1 unspecified atom stereocenters. The molecule has 7 nitrogen and oxygen atoms in total. The molecule has 3 atom stereocenters. The van der Waals surface area contributed by atoms with Gasteiger partial charge in [0.1, 0.15) is 0 Å². The monoisotopic (exact) mass is 599 g/mol. The Morgan fingerprint density at radius 1 is 1.02 bits per heavy atom. The van der Waals surface area contributed by atoms with Crippen molar-refractivity contribution in [3.05, 3.63) is 65.7 Å². The molecule has 0 radical (unpaired) electrons. The van der Waals surface area contributed by atoms with Crippen molar-refractivity contribution < 1.29 is 18.0 Å². The number of carbonyl (C=O) groups excluding carboxylic acids is 2. The maximum atomic E-state index is 13.8. The van der Waals surface area contributed by atoms with Crippen molar-refractivity contribution in [1.82, 2.24) is 15.1 Å². The van der Waals surface area contributed by atoms with E-state index >= 15 is 0 Å². The molecule has 2 aromatic carbocycles. The fourth-order valence-electron chi connectivity index (χ4n) is 7.34. The van der Waals surface area contributed by atoms with Crippen molar-refractivity contribution in [3.63, 3.8) is 0 Å². The molecule has 3 saturated heterocycles. The number of likely N-dealkylation sites (tertiary alicyclic amines) is 2. The number of nitrogens with zero attached hydrogens (tertiary/aromatic N) is 2. The first kappa shape index (κ1) is 30.2. The van der Waals surface area contributed by atoms with Crippen LogP contribution in [0, 0.1) is 17.3 Å². The average molecular weight is 600 g/mol. The van der Waals surface area contributed by atoms with Crippen LogP contribution in [0.25, 0.3) is 0 Å². The number of hydrogen-bond donors (Lipinski definition) is 1. The first-order valence-corrected chi connectivity index (χ1v) is 16.7. The molecule has 222 valence electrons. The number of benzene rings is 2. The Morgan fingerprint density at radius 2 is 1.71 bits per heavy atom. The predicted octanol–water partition coefficient (Wildman–Crippen LogP) is 4.07. The summed E-state index contributed by atoms with van der Waals surface area (Å²) in [6.45, 7) is 4.71. The van der Waals surface area contributed by atoms with Crippen LogP contribution in [0.4, 0.5) is 0 Å². The van der Waals surface area contributed by atoms with E-state index in [-0.39, 0.29) is 35.7 Å². The molecule has 6 rings (SSSR count). The second kappa shape index (κ2) is 12.2. The number of halogens is 1. The molecule has 4 aliphatic rings. The lowest BCUT2D eigenvalue weighted by Crippen LogP contribution is -2.53. The lowest BCUT2D eigenvalue weighted by molar-refractivity contribution is -0.129. The summed E-state index contributed by atoms with van der Waals surface area (Å²) in [6.07, 6.45) is 6.67. The Hall–Kier alpha value is -2.26. The normalized spacial score (nSPS) is 25.3.